The summed E-state index contributed by atoms with van der Waals surface area (Å²) in [7, 11) is 1.62. The summed E-state index contributed by atoms with van der Waals surface area (Å²) >= 11 is 0. The minimum atomic E-state index is -0.285. The topological polar surface area (TPSA) is 46.6 Å². The van der Waals surface area contributed by atoms with E-state index < -0.39 is 0 Å². The molecule has 0 unspecified atom stereocenters. The van der Waals surface area contributed by atoms with E-state index in [0.29, 0.717) is 16.8 Å². The molecule has 0 aliphatic carbocycles. The molecule has 2 amide bonds. The zero-order valence-corrected chi connectivity index (χ0v) is 13.6. The van der Waals surface area contributed by atoms with Gasteiger partial charge in [0.2, 0.25) is 0 Å². The number of benzene rings is 3. The van der Waals surface area contributed by atoms with E-state index in [9.17, 15) is 9.59 Å². The molecule has 0 saturated heterocycles. The van der Waals surface area contributed by atoms with Crippen molar-refractivity contribution in [3.8, 4) is 16.9 Å². The Morgan fingerprint density at radius 2 is 1.36 bits per heavy atom. The molecular weight excluding hydrogens is 314 g/mol. The van der Waals surface area contributed by atoms with E-state index in [2.05, 4.69) is 0 Å². The Balaban J connectivity index is 1.73. The number of imide groups is 1. The lowest BCUT2D eigenvalue weighted by Crippen LogP contribution is -2.29. The van der Waals surface area contributed by atoms with Crippen LogP contribution in [-0.4, -0.2) is 18.9 Å². The summed E-state index contributed by atoms with van der Waals surface area (Å²) in [6.45, 7) is 0. The second-order valence-corrected chi connectivity index (χ2v) is 5.77. The average molecular weight is 329 g/mol. The number of amides is 2. The highest BCUT2D eigenvalue weighted by atomic mass is 16.5. The van der Waals surface area contributed by atoms with Crippen molar-refractivity contribution in [2.24, 2.45) is 0 Å². The fourth-order valence-corrected chi connectivity index (χ4v) is 3.03. The first-order valence-electron chi connectivity index (χ1n) is 7.91. The van der Waals surface area contributed by atoms with Crippen molar-refractivity contribution >= 4 is 17.5 Å². The molecule has 0 fully saturated rings. The molecule has 0 radical (unpaired) electrons. The summed E-state index contributed by atoms with van der Waals surface area (Å²) in [4.78, 5) is 26.5. The molecule has 4 rings (SSSR count). The van der Waals surface area contributed by atoms with Crippen molar-refractivity contribution in [3.63, 3.8) is 0 Å². The van der Waals surface area contributed by atoms with Crippen LogP contribution in [0.1, 0.15) is 20.7 Å². The molecule has 0 atom stereocenters. The van der Waals surface area contributed by atoms with Gasteiger partial charge in [0, 0.05) is 0 Å². The number of fused-ring (bicyclic) bond motifs is 1. The number of hydrogen-bond donors (Lipinski definition) is 0. The second-order valence-electron chi connectivity index (χ2n) is 5.77. The van der Waals surface area contributed by atoms with Crippen molar-refractivity contribution < 1.29 is 14.3 Å². The Morgan fingerprint density at radius 1 is 0.720 bits per heavy atom. The fraction of sp³-hybridized carbons (Fsp3) is 0.0476. The molecule has 1 aliphatic heterocycles. The van der Waals surface area contributed by atoms with Crippen LogP contribution in [0.4, 0.5) is 5.69 Å². The summed E-state index contributed by atoms with van der Waals surface area (Å²) < 4.78 is 5.18. The lowest BCUT2D eigenvalue weighted by Gasteiger charge is -2.15. The first kappa shape index (κ1) is 15.1. The molecule has 1 heterocycles. The Hall–Kier alpha value is -3.40. The standard InChI is InChI=1S/C21H15NO3/c1-25-17-11-9-14(10-12-17)15-5-4-6-16(13-15)22-20(23)18-7-2-3-8-19(18)21(22)24/h2-13H,1H3. The number of anilines is 1. The number of methoxy groups -OCH3 is 1. The molecule has 4 nitrogen and oxygen atoms in total. The van der Waals surface area contributed by atoms with Crippen molar-refractivity contribution in [2.75, 3.05) is 12.0 Å². The predicted octanol–water partition coefficient (Wildman–Crippen LogP) is 4.16. The average Bonchev–Trinajstić information content (AvgIpc) is 2.93. The quantitative estimate of drug-likeness (QED) is 0.678. The lowest BCUT2D eigenvalue weighted by molar-refractivity contribution is 0.0926. The largest absolute Gasteiger partial charge is 0.497 e. The van der Waals surface area contributed by atoms with Gasteiger partial charge in [0.25, 0.3) is 11.8 Å². The Labute approximate surface area is 145 Å². The lowest BCUT2D eigenvalue weighted by atomic mass is 10.0. The van der Waals surface area contributed by atoms with Crippen molar-refractivity contribution in [1.29, 1.82) is 0 Å². The van der Waals surface area contributed by atoms with Crippen LogP contribution in [0.2, 0.25) is 0 Å². The van der Waals surface area contributed by atoms with Gasteiger partial charge < -0.3 is 4.74 Å². The van der Waals surface area contributed by atoms with Crippen molar-refractivity contribution in [3.05, 3.63) is 83.9 Å². The number of carbonyl (C=O) groups is 2. The number of carbonyl (C=O) groups excluding carboxylic acids is 2. The highest BCUT2D eigenvalue weighted by molar-refractivity contribution is 6.34. The van der Waals surface area contributed by atoms with E-state index in [0.717, 1.165) is 16.9 Å². The Morgan fingerprint density at radius 3 is 1.96 bits per heavy atom. The van der Waals surface area contributed by atoms with Gasteiger partial charge in [0.05, 0.1) is 23.9 Å². The van der Waals surface area contributed by atoms with Gasteiger partial charge in [-0.2, -0.15) is 0 Å². The third-order valence-corrected chi connectivity index (χ3v) is 4.32. The van der Waals surface area contributed by atoms with Gasteiger partial charge in [-0.05, 0) is 47.5 Å². The Bertz CT molecular complexity index is 941. The van der Waals surface area contributed by atoms with Crippen LogP contribution in [-0.2, 0) is 0 Å². The summed E-state index contributed by atoms with van der Waals surface area (Å²) in [6.07, 6.45) is 0. The van der Waals surface area contributed by atoms with Crippen molar-refractivity contribution in [1.82, 2.24) is 0 Å². The Kier molecular flexibility index (Phi) is 3.58. The van der Waals surface area contributed by atoms with Gasteiger partial charge in [-0.3, -0.25) is 9.59 Å². The predicted molar refractivity (Wildman–Crippen MR) is 96.0 cm³/mol. The molecular formula is C21H15NO3. The van der Waals surface area contributed by atoms with E-state index in [1.54, 1.807) is 37.4 Å². The second kappa shape index (κ2) is 5.91. The molecule has 25 heavy (non-hydrogen) atoms. The minimum Gasteiger partial charge on any atom is -0.497 e. The van der Waals surface area contributed by atoms with Gasteiger partial charge >= 0.3 is 0 Å². The fourth-order valence-electron chi connectivity index (χ4n) is 3.03. The molecule has 0 aromatic heterocycles. The first-order valence-corrected chi connectivity index (χ1v) is 7.91. The molecule has 122 valence electrons. The van der Waals surface area contributed by atoms with Gasteiger partial charge in [-0.15, -0.1) is 0 Å². The summed E-state index contributed by atoms with van der Waals surface area (Å²) in [5, 5.41) is 0. The molecule has 3 aromatic rings. The monoisotopic (exact) mass is 329 g/mol. The first-order chi connectivity index (χ1) is 12.2. The maximum Gasteiger partial charge on any atom is 0.266 e. The molecule has 0 bridgehead atoms. The van der Waals surface area contributed by atoms with Crippen LogP contribution in [0.5, 0.6) is 5.75 Å². The minimum absolute atomic E-state index is 0.285. The van der Waals surface area contributed by atoms with E-state index in [1.165, 1.54) is 4.90 Å². The molecule has 3 aromatic carbocycles. The van der Waals surface area contributed by atoms with Gasteiger partial charge in [-0.1, -0.05) is 36.4 Å². The van der Waals surface area contributed by atoms with E-state index in [1.807, 2.05) is 42.5 Å². The van der Waals surface area contributed by atoms with Crippen LogP contribution < -0.4 is 9.64 Å². The molecule has 1 aliphatic rings. The zero-order valence-electron chi connectivity index (χ0n) is 13.6. The zero-order chi connectivity index (χ0) is 17.4. The van der Waals surface area contributed by atoms with Crippen LogP contribution >= 0.6 is 0 Å². The van der Waals surface area contributed by atoms with Crippen molar-refractivity contribution in [2.45, 2.75) is 0 Å². The summed E-state index contributed by atoms with van der Waals surface area (Å²) in [5.74, 6) is 0.209. The SMILES string of the molecule is COc1ccc(-c2cccc(N3C(=O)c4ccccc4C3=O)c2)cc1. The molecule has 0 saturated carbocycles. The number of hydrogen-bond acceptors (Lipinski definition) is 3. The maximum atomic E-state index is 12.6. The number of nitrogens with zero attached hydrogens (tertiary/aromatic N) is 1. The van der Waals surface area contributed by atoms with E-state index in [-0.39, 0.29) is 11.8 Å². The van der Waals surface area contributed by atoms with Gasteiger partial charge in [-0.25, -0.2) is 4.90 Å². The van der Waals surface area contributed by atoms with Crippen LogP contribution in [0, 0.1) is 0 Å². The highest BCUT2D eigenvalue weighted by Crippen LogP contribution is 2.31. The molecule has 0 spiro atoms. The van der Waals surface area contributed by atoms with Crippen LogP contribution in [0.25, 0.3) is 11.1 Å². The number of ether oxygens (including phenoxy) is 1. The normalized spacial score (nSPS) is 13.1. The maximum absolute atomic E-state index is 12.6. The van der Waals surface area contributed by atoms with Crippen LogP contribution in [0.3, 0.4) is 0 Å². The number of rotatable bonds is 3. The third kappa shape index (κ3) is 2.48. The van der Waals surface area contributed by atoms with Gasteiger partial charge in [0.1, 0.15) is 5.75 Å². The molecule has 4 heteroatoms. The van der Waals surface area contributed by atoms with Crippen LogP contribution in [0.15, 0.2) is 72.8 Å². The third-order valence-electron chi connectivity index (χ3n) is 4.32. The molecule has 0 N–H and O–H groups in total. The van der Waals surface area contributed by atoms with E-state index in [4.69, 9.17) is 4.74 Å². The van der Waals surface area contributed by atoms with Gasteiger partial charge in [0.15, 0.2) is 0 Å². The van der Waals surface area contributed by atoms with E-state index >= 15 is 0 Å². The highest BCUT2D eigenvalue weighted by Gasteiger charge is 2.36. The summed E-state index contributed by atoms with van der Waals surface area (Å²) in [5.41, 5.74) is 3.38. The smallest absolute Gasteiger partial charge is 0.266 e. The summed E-state index contributed by atoms with van der Waals surface area (Å²) in [6, 6.07) is 22.0.